The van der Waals surface area contributed by atoms with Gasteiger partial charge in [-0.25, -0.2) is 23.8 Å². The monoisotopic (exact) mass is 371 g/mol. The maximum atomic E-state index is 12.6. The van der Waals surface area contributed by atoms with Crippen molar-refractivity contribution >= 4 is 11.3 Å². The molecular formula is C16H14FN7OS. The zero-order valence-corrected chi connectivity index (χ0v) is 14.4. The fourth-order valence-electron chi connectivity index (χ4n) is 2.24. The molecule has 0 unspecified atom stereocenters. The molecule has 0 aliphatic rings. The number of nitrogens with two attached hydrogens (primary N) is 1. The predicted molar refractivity (Wildman–Crippen MR) is 93.9 cm³/mol. The maximum Gasteiger partial charge on any atom is 0.346 e. The summed E-state index contributed by atoms with van der Waals surface area (Å²) in [6.07, 6.45) is 3.34. The van der Waals surface area contributed by atoms with Crippen molar-refractivity contribution in [3.05, 3.63) is 63.8 Å². The van der Waals surface area contributed by atoms with Crippen molar-refractivity contribution in [3.8, 4) is 16.6 Å². The summed E-state index contributed by atoms with van der Waals surface area (Å²) in [7, 11) is 0. The van der Waals surface area contributed by atoms with Gasteiger partial charge in [0.05, 0.1) is 30.0 Å². The van der Waals surface area contributed by atoms with Crippen LogP contribution in [0.15, 0.2) is 47.4 Å². The minimum atomic E-state index is -0.346. The van der Waals surface area contributed by atoms with Crippen molar-refractivity contribution in [3.63, 3.8) is 0 Å². The molecule has 0 saturated heterocycles. The molecule has 3 aromatic rings. The SMILES string of the molecule is N#Cc1nccc(-c2ccc(Cn3cnn(C/C(=C/F)CN)c3=O)s2)n1. The molecule has 3 heterocycles. The Labute approximate surface area is 151 Å². The lowest BCUT2D eigenvalue weighted by Gasteiger charge is -2.01. The van der Waals surface area contributed by atoms with Crippen LogP contribution in [0.4, 0.5) is 4.39 Å². The number of halogens is 1. The van der Waals surface area contributed by atoms with E-state index in [9.17, 15) is 9.18 Å². The van der Waals surface area contributed by atoms with Crippen LogP contribution in [0, 0.1) is 11.3 Å². The Kier molecular flexibility index (Phi) is 5.31. The molecule has 0 amide bonds. The molecule has 26 heavy (non-hydrogen) atoms. The number of nitrogens with zero attached hydrogens (tertiary/aromatic N) is 6. The Morgan fingerprint density at radius 1 is 1.42 bits per heavy atom. The summed E-state index contributed by atoms with van der Waals surface area (Å²) >= 11 is 1.45. The molecule has 0 atom stereocenters. The van der Waals surface area contributed by atoms with E-state index in [2.05, 4.69) is 15.1 Å². The average Bonchev–Trinajstić information content (AvgIpc) is 3.28. The van der Waals surface area contributed by atoms with Crippen molar-refractivity contribution < 1.29 is 4.39 Å². The van der Waals surface area contributed by atoms with E-state index in [1.807, 2.05) is 18.2 Å². The minimum absolute atomic E-state index is 0.0202. The molecule has 0 aliphatic carbocycles. The highest BCUT2D eigenvalue weighted by Crippen LogP contribution is 2.26. The summed E-state index contributed by atoms with van der Waals surface area (Å²) in [4.78, 5) is 22.1. The predicted octanol–water partition coefficient (Wildman–Crippen LogP) is 1.30. The van der Waals surface area contributed by atoms with E-state index in [1.165, 1.54) is 28.4 Å². The number of hydrogen-bond acceptors (Lipinski definition) is 7. The van der Waals surface area contributed by atoms with Gasteiger partial charge in [0.2, 0.25) is 5.82 Å². The van der Waals surface area contributed by atoms with Crippen molar-refractivity contribution in [2.75, 3.05) is 6.54 Å². The number of aromatic nitrogens is 5. The third-order valence-electron chi connectivity index (χ3n) is 3.56. The first kappa shape index (κ1) is 17.7. The van der Waals surface area contributed by atoms with E-state index in [-0.39, 0.29) is 30.2 Å². The standard InChI is InChI=1S/C16H14FN7OS/c17-5-11(6-18)8-24-16(25)23(10-21-24)9-12-1-2-14(26-12)13-3-4-20-15(7-19)22-13/h1-5,10H,6,8-9,18H2/b11-5+. The van der Waals surface area contributed by atoms with Gasteiger partial charge >= 0.3 is 5.69 Å². The highest BCUT2D eigenvalue weighted by molar-refractivity contribution is 7.15. The molecule has 0 aliphatic heterocycles. The van der Waals surface area contributed by atoms with Crippen LogP contribution < -0.4 is 11.4 Å². The topological polar surface area (TPSA) is 115 Å². The highest BCUT2D eigenvalue weighted by Gasteiger charge is 2.10. The molecule has 0 fully saturated rings. The molecule has 0 spiro atoms. The van der Waals surface area contributed by atoms with Gasteiger partial charge in [0.15, 0.2) is 0 Å². The fraction of sp³-hybridized carbons (Fsp3) is 0.188. The zero-order chi connectivity index (χ0) is 18.5. The molecule has 10 heteroatoms. The molecule has 3 aromatic heterocycles. The lowest BCUT2D eigenvalue weighted by molar-refractivity contribution is 0.604. The quantitative estimate of drug-likeness (QED) is 0.698. The summed E-state index contributed by atoms with van der Waals surface area (Å²) in [6, 6.07) is 7.38. The van der Waals surface area contributed by atoms with E-state index >= 15 is 0 Å². The summed E-state index contributed by atoms with van der Waals surface area (Å²) in [6.45, 7) is 0.372. The van der Waals surface area contributed by atoms with E-state index in [4.69, 9.17) is 11.0 Å². The summed E-state index contributed by atoms with van der Waals surface area (Å²) in [5, 5.41) is 12.9. The van der Waals surface area contributed by atoms with Gasteiger partial charge in [-0.1, -0.05) is 0 Å². The smallest absolute Gasteiger partial charge is 0.327 e. The van der Waals surface area contributed by atoms with Crippen LogP contribution >= 0.6 is 11.3 Å². The molecule has 3 rings (SSSR count). The third-order valence-corrected chi connectivity index (χ3v) is 4.65. The van der Waals surface area contributed by atoms with Crippen molar-refractivity contribution in [1.29, 1.82) is 5.26 Å². The Morgan fingerprint density at radius 3 is 3.00 bits per heavy atom. The van der Waals surface area contributed by atoms with Crippen LogP contribution in [-0.4, -0.2) is 30.9 Å². The Bertz CT molecular complexity index is 1040. The van der Waals surface area contributed by atoms with Gasteiger partial charge in [-0.15, -0.1) is 11.3 Å². The van der Waals surface area contributed by atoms with Crippen LogP contribution in [-0.2, 0) is 13.1 Å². The zero-order valence-electron chi connectivity index (χ0n) is 13.5. The van der Waals surface area contributed by atoms with E-state index in [0.717, 1.165) is 14.4 Å². The normalized spacial score (nSPS) is 11.5. The molecule has 0 radical (unpaired) electrons. The summed E-state index contributed by atoms with van der Waals surface area (Å²) in [5.74, 6) is 0.103. The van der Waals surface area contributed by atoms with Gasteiger partial charge in [0.25, 0.3) is 0 Å². The number of nitriles is 1. The first-order valence-corrected chi connectivity index (χ1v) is 8.39. The van der Waals surface area contributed by atoms with E-state index in [0.29, 0.717) is 18.6 Å². The van der Waals surface area contributed by atoms with Gasteiger partial charge in [-0.3, -0.25) is 4.57 Å². The largest absolute Gasteiger partial charge is 0.346 e. The second-order valence-electron chi connectivity index (χ2n) is 5.31. The van der Waals surface area contributed by atoms with Crippen LogP contribution in [0.3, 0.4) is 0 Å². The van der Waals surface area contributed by atoms with Gasteiger partial charge in [0.1, 0.15) is 12.4 Å². The lowest BCUT2D eigenvalue weighted by Crippen LogP contribution is -2.26. The number of rotatable bonds is 6. The first-order valence-electron chi connectivity index (χ1n) is 7.57. The molecule has 0 bridgehead atoms. The number of hydrogen-bond donors (Lipinski definition) is 1. The van der Waals surface area contributed by atoms with Crippen LogP contribution in [0.5, 0.6) is 0 Å². The molecular weight excluding hydrogens is 357 g/mol. The Morgan fingerprint density at radius 2 is 2.27 bits per heavy atom. The van der Waals surface area contributed by atoms with Crippen molar-refractivity contribution in [2.45, 2.75) is 13.1 Å². The van der Waals surface area contributed by atoms with Crippen molar-refractivity contribution in [1.82, 2.24) is 24.3 Å². The van der Waals surface area contributed by atoms with E-state index in [1.54, 1.807) is 6.07 Å². The van der Waals surface area contributed by atoms with Crippen LogP contribution in [0.1, 0.15) is 10.7 Å². The minimum Gasteiger partial charge on any atom is -0.327 e. The third kappa shape index (κ3) is 3.74. The fourth-order valence-corrected chi connectivity index (χ4v) is 3.22. The summed E-state index contributed by atoms with van der Waals surface area (Å²) < 4.78 is 15.2. The lowest BCUT2D eigenvalue weighted by atomic mass is 10.3. The van der Waals surface area contributed by atoms with Crippen molar-refractivity contribution in [2.24, 2.45) is 5.73 Å². The van der Waals surface area contributed by atoms with Crippen LogP contribution in [0.25, 0.3) is 10.6 Å². The molecule has 0 saturated carbocycles. The van der Waals surface area contributed by atoms with Gasteiger partial charge in [-0.05, 0) is 23.8 Å². The average molecular weight is 371 g/mol. The van der Waals surface area contributed by atoms with Gasteiger partial charge in [-0.2, -0.15) is 10.4 Å². The first-order chi connectivity index (χ1) is 12.6. The maximum absolute atomic E-state index is 12.6. The highest BCUT2D eigenvalue weighted by atomic mass is 32.1. The molecule has 0 aromatic carbocycles. The Balaban J connectivity index is 1.79. The molecule has 8 nitrogen and oxygen atoms in total. The van der Waals surface area contributed by atoms with Gasteiger partial charge in [0, 0.05) is 17.6 Å². The second kappa shape index (κ2) is 7.81. The van der Waals surface area contributed by atoms with Crippen LogP contribution in [0.2, 0.25) is 0 Å². The van der Waals surface area contributed by atoms with Gasteiger partial charge < -0.3 is 5.73 Å². The Hall–Kier alpha value is -3.16. The second-order valence-corrected chi connectivity index (χ2v) is 6.48. The molecule has 2 N–H and O–H groups in total. The number of thiophene rings is 1. The van der Waals surface area contributed by atoms with E-state index < -0.39 is 0 Å². The molecule has 132 valence electrons. The summed E-state index contributed by atoms with van der Waals surface area (Å²) in [5.41, 5.74) is 5.99.